The van der Waals surface area contributed by atoms with Crippen LogP contribution in [0.15, 0.2) is 33.7 Å². The van der Waals surface area contributed by atoms with Crippen molar-refractivity contribution in [1.82, 2.24) is 9.46 Å². The summed E-state index contributed by atoms with van der Waals surface area (Å²) in [5.74, 6) is -0.119. The lowest BCUT2D eigenvalue weighted by atomic mass is 10.2. The maximum absolute atomic E-state index is 12.6. The van der Waals surface area contributed by atoms with Crippen molar-refractivity contribution in [3.05, 3.63) is 46.3 Å². The fourth-order valence-corrected chi connectivity index (χ4v) is 4.34. The van der Waals surface area contributed by atoms with Crippen LogP contribution in [0.4, 0.5) is 0 Å². The predicted octanol–water partition coefficient (Wildman–Crippen LogP) is 2.78. The molecule has 0 radical (unpaired) electrons. The summed E-state index contributed by atoms with van der Waals surface area (Å²) in [5, 5.41) is 3.85. The Labute approximate surface area is 150 Å². The summed E-state index contributed by atoms with van der Waals surface area (Å²) in [6.07, 6.45) is 1.66. The lowest BCUT2D eigenvalue weighted by Crippen LogP contribution is -2.28. The van der Waals surface area contributed by atoms with Gasteiger partial charge in [-0.25, -0.2) is 13.2 Å². The fraction of sp³-hybridized carbons (Fsp3) is 0.375. The number of hydrogen-bond donors (Lipinski definition) is 0. The van der Waals surface area contributed by atoms with Crippen LogP contribution in [0.3, 0.4) is 0 Å². The topological polar surface area (TPSA) is 89.7 Å². The van der Waals surface area contributed by atoms with Crippen LogP contribution in [0.1, 0.15) is 34.7 Å². The average Bonchev–Trinajstić information content (AvgIpc) is 3.24. The van der Waals surface area contributed by atoms with E-state index in [0.717, 1.165) is 12.8 Å². The third-order valence-electron chi connectivity index (χ3n) is 3.89. The average molecular weight is 385 g/mol. The minimum atomic E-state index is -3.64. The Kier molecular flexibility index (Phi) is 5.12. The molecule has 25 heavy (non-hydrogen) atoms. The van der Waals surface area contributed by atoms with Crippen molar-refractivity contribution < 1.29 is 22.5 Å². The Balaban J connectivity index is 1.80. The van der Waals surface area contributed by atoms with Gasteiger partial charge in [-0.15, -0.1) is 0 Å². The predicted molar refractivity (Wildman–Crippen MR) is 89.8 cm³/mol. The number of benzene rings is 1. The molecule has 7 nitrogen and oxygen atoms in total. The fourth-order valence-electron chi connectivity index (χ4n) is 2.60. The molecule has 0 spiro atoms. The van der Waals surface area contributed by atoms with Crippen LogP contribution in [0, 0.1) is 6.92 Å². The second-order valence-corrected chi connectivity index (χ2v) is 8.10. The van der Waals surface area contributed by atoms with Gasteiger partial charge in [-0.3, -0.25) is 0 Å². The van der Waals surface area contributed by atoms with Gasteiger partial charge in [0.25, 0.3) is 0 Å². The zero-order valence-corrected chi connectivity index (χ0v) is 15.1. The first-order valence-electron chi connectivity index (χ1n) is 7.77. The molecule has 134 valence electrons. The highest BCUT2D eigenvalue weighted by Gasteiger charge is 2.28. The molecule has 0 N–H and O–H groups in total. The molecule has 0 saturated carbocycles. The highest BCUT2D eigenvalue weighted by molar-refractivity contribution is 7.89. The number of ether oxygens (including phenoxy) is 1. The maximum atomic E-state index is 12.6. The van der Waals surface area contributed by atoms with Crippen LogP contribution < -0.4 is 0 Å². The van der Waals surface area contributed by atoms with Crippen molar-refractivity contribution in [3.63, 3.8) is 0 Å². The minimum absolute atomic E-state index is 0.00200. The van der Waals surface area contributed by atoms with E-state index >= 15 is 0 Å². The molecule has 0 aliphatic carbocycles. The Hall–Kier alpha value is -1.90. The third-order valence-corrected chi connectivity index (χ3v) is 6.11. The van der Waals surface area contributed by atoms with Gasteiger partial charge in [-0.2, -0.15) is 4.31 Å². The normalized spacial score (nSPS) is 15.4. The number of aryl methyl sites for hydroxylation is 1. The second-order valence-electron chi connectivity index (χ2n) is 5.76. The molecule has 2 heterocycles. The zero-order valence-electron chi connectivity index (χ0n) is 13.6. The number of carbonyl (C=O) groups is 1. The van der Waals surface area contributed by atoms with Gasteiger partial charge in [0, 0.05) is 19.2 Å². The number of carbonyl (C=O) groups excluding carboxylic acids is 1. The SMILES string of the molecule is Cc1cc(COC(=O)c2cc(S(=O)(=O)N3CCCC3)ccc2Cl)no1. The maximum Gasteiger partial charge on any atom is 0.340 e. The molecule has 9 heteroatoms. The molecule has 1 fully saturated rings. The standard InChI is InChI=1S/C16H17ClN2O5S/c1-11-8-12(18-24-11)10-23-16(20)14-9-13(4-5-15(14)17)25(21,22)19-6-2-3-7-19/h4-5,8-9H,2-3,6-7,10H2,1H3. The van der Waals surface area contributed by atoms with Crippen molar-refractivity contribution in [3.8, 4) is 0 Å². The number of sulfonamides is 1. The molecular weight excluding hydrogens is 368 g/mol. The van der Waals surface area contributed by atoms with Gasteiger partial charge in [0.1, 0.15) is 18.1 Å². The van der Waals surface area contributed by atoms with Crippen LogP contribution in [0.2, 0.25) is 5.02 Å². The molecule has 1 aliphatic heterocycles. The van der Waals surface area contributed by atoms with E-state index in [9.17, 15) is 13.2 Å². The molecule has 0 unspecified atom stereocenters. The van der Waals surface area contributed by atoms with Crippen molar-refractivity contribution in [2.24, 2.45) is 0 Å². The van der Waals surface area contributed by atoms with Crippen LogP contribution >= 0.6 is 11.6 Å². The van der Waals surface area contributed by atoms with E-state index < -0.39 is 16.0 Å². The first-order chi connectivity index (χ1) is 11.9. The first-order valence-corrected chi connectivity index (χ1v) is 9.59. The molecule has 3 rings (SSSR count). The Morgan fingerprint density at radius 2 is 2.04 bits per heavy atom. The molecule has 1 aromatic carbocycles. The molecule has 1 aromatic heterocycles. The van der Waals surface area contributed by atoms with Gasteiger partial charge in [-0.05, 0) is 38.0 Å². The highest BCUT2D eigenvalue weighted by atomic mass is 35.5. The van der Waals surface area contributed by atoms with E-state index in [1.807, 2.05) is 0 Å². The highest BCUT2D eigenvalue weighted by Crippen LogP contribution is 2.26. The lowest BCUT2D eigenvalue weighted by Gasteiger charge is -2.16. The van der Waals surface area contributed by atoms with Crippen molar-refractivity contribution in [1.29, 1.82) is 0 Å². The van der Waals surface area contributed by atoms with Gasteiger partial charge in [0.15, 0.2) is 0 Å². The molecule has 1 saturated heterocycles. The Morgan fingerprint density at radius 3 is 2.68 bits per heavy atom. The summed E-state index contributed by atoms with van der Waals surface area (Å²) >= 11 is 6.04. The van der Waals surface area contributed by atoms with Crippen LogP contribution in [-0.2, 0) is 21.4 Å². The number of halogens is 1. The Morgan fingerprint density at radius 1 is 1.32 bits per heavy atom. The monoisotopic (exact) mass is 384 g/mol. The third kappa shape index (κ3) is 3.86. The number of hydrogen-bond acceptors (Lipinski definition) is 6. The molecule has 0 bridgehead atoms. The van der Waals surface area contributed by atoms with E-state index in [1.165, 1.54) is 22.5 Å². The van der Waals surface area contributed by atoms with Crippen molar-refractivity contribution in [2.75, 3.05) is 13.1 Å². The van der Waals surface area contributed by atoms with Gasteiger partial charge in [0.2, 0.25) is 10.0 Å². The summed E-state index contributed by atoms with van der Waals surface area (Å²) in [5.41, 5.74) is 0.463. The number of rotatable bonds is 5. The van der Waals surface area contributed by atoms with Crippen LogP contribution in [0.25, 0.3) is 0 Å². The second kappa shape index (κ2) is 7.15. The summed E-state index contributed by atoms with van der Waals surface area (Å²) < 4.78 is 36.7. The molecule has 0 atom stereocenters. The van der Waals surface area contributed by atoms with E-state index in [-0.39, 0.29) is 22.1 Å². The van der Waals surface area contributed by atoms with E-state index in [1.54, 1.807) is 13.0 Å². The van der Waals surface area contributed by atoms with E-state index in [2.05, 4.69) is 5.16 Å². The number of aromatic nitrogens is 1. The Bertz CT molecular complexity index is 888. The number of esters is 1. The van der Waals surface area contributed by atoms with Gasteiger partial charge in [0.05, 0.1) is 15.5 Å². The first kappa shape index (κ1) is 17.9. The lowest BCUT2D eigenvalue weighted by molar-refractivity contribution is 0.0464. The summed E-state index contributed by atoms with van der Waals surface area (Å²) in [6, 6.07) is 5.69. The van der Waals surface area contributed by atoms with Gasteiger partial charge in [-0.1, -0.05) is 16.8 Å². The van der Waals surface area contributed by atoms with Crippen LogP contribution in [0.5, 0.6) is 0 Å². The minimum Gasteiger partial charge on any atom is -0.455 e. The van der Waals surface area contributed by atoms with E-state index in [0.29, 0.717) is 24.5 Å². The molecule has 0 amide bonds. The summed E-state index contributed by atoms with van der Waals surface area (Å²) in [6.45, 7) is 2.60. The van der Waals surface area contributed by atoms with Gasteiger partial charge >= 0.3 is 5.97 Å². The smallest absolute Gasteiger partial charge is 0.340 e. The van der Waals surface area contributed by atoms with Crippen molar-refractivity contribution >= 4 is 27.6 Å². The van der Waals surface area contributed by atoms with Crippen molar-refractivity contribution in [2.45, 2.75) is 31.3 Å². The van der Waals surface area contributed by atoms with E-state index in [4.69, 9.17) is 20.9 Å². The molecule has 2 aromatic rings. The summed E-state index contributed by atoms with van der Waals surface area (Å²) in [4.78, 5) is 12.3. The number of nitrogens with zero attached hydrogens (tertiary/aromatic N) is 2. The van der Waals surface area contributed by atoms with Gasteiger partial charge < -0.3 is 9.26 Å². The largest absolute Gasteiger partial charge is 0.455 e. The molecule has 1 aliphatic rings. The summed E-state index contributed by atoms with van der Waals surface area (Å²) in [7, 11) is -3.64. The quantitative estimate of drug-likeness (QED) is 0.736. The van der Waals surface area contributed by atoms with Crippen LogP contribution in [-0.4, -0.2) is 36.9 Å². The molecular formula is C16H17ClN2O5S. The zero-order chi connectivity index (χ0) is 18.0.